The third-order valence-corrected chi connectivity index (χ3v) is 16.8. The van der Waals surface area contributed by atoms with E-state index in [0.29, 0.717) is 17.4 Å². The fraction of sp³-hybridized carbons (Fsp3) is 0.964. The van der Waals surface area contributed by atoms with Crippen molar-refractivity contribution in [3.63, 3.8) is 0 Å². The van der Waals surface area contributed by atoms with E-state index in [1.54, 1.807) is 5.57 Å². The highest BCUT2D eigenvalue weighted by Gasteiger charge is 2.59. The average molecular weight is 797 g/mol. The number of rotatable bonds is 31. The maximum atomic E-state index is 10.2. The Kier molecular flexibility index (Phi) is 26.7. The molecule has 3 fully saturated rings. The summed E-state index contributed by atoms with van der Waals surface area (Å²) in [5, 5.41) is 19.0. The minimum atomic E-state index is -0.0766. The normalized spacial score (nSPS) is 28.6. The zero-order valence-corrected chi connectivity index (χ0v) is 39.9. The van der Waals surface area contributed by atoms with Gasteiger partial charge in [-0.05, 0) is 104 Å². The van der Waals surface area contributed by atoms with Crippen LogP contribution in [0.5, 0.6) is 0 Å². The lowest BCUT2D eigenvalue weighted by Crippen LogP contribution is -2.50. The first-order valence-electron chi connectivity index (χ1n) is 26.7. The van der Waals surface area contributed by atoms with E-state index in [2.05, 4.69) is 47.6 Å². The molecule has 3 saturated carbocycles. The highest BCUT2D eigenvalue weighted by Crippen LogP contribution is 2.67. The molecule has 336 valence electrons. The first-order chi connectivity index (χ1) is 27.7. The minimum absolute atomic E-state index is 0.0766. The molecular formula is C55H104O2. The maximum Gasteiger partial charge on any atom is 0.0577 e. The van der Waals surface area contributed by atoms with E-state index in [1.807, 2.05) is 0 Å². The van der Waals surface area contributed by atoms with Gasteiger partial charge in [0, 0.05) is 6.61 Å². The van der Waals surface area contributed by atoms with Gasteiger partial charge in [0.05, 0.1) is 6.10 Å². The number of fused-ring (bicyclic) bond motifs is 5. The lowest BCUT2D eigenvalue weighted by molar-refractivity contribution is -0.0573. The Morgan fingerprint density at radius 3 is 1.49 bits per heavy atom. The summed E-state index contributed by atoms with van der Waals surface area (Å²) in [5.74, 6) is 5.46. The van der Waals surface area contributed by atoms with Crippen LogP contribution in [0.15, 0.2) is 11.6 Å². The molecule has 2 nitrogen and oxygen atoms in total. The first-order valence-corrected chi connectivity index (χ1v) is 26.7. The van der Waals surface area contributed by atoms with Gasteiger partial charge < -0.3 is 10.2 Å². The Morgan fingerprint density at radius 2 is 1.04 bits per heavy atom. The summed E-state index contributed by atoms with van der Waals surface area (Å²) >= 11 is 0. The van der Waals surface area contributed by atoms with E-state index < -0.39 is 0 Å². The van der Waals surface area contributed by atoms with Crippen molar-refractivity contribution in [1.82, 2.24) is 0 Å². The molecule has 4 aliphatic carbocycles. The predicted molar refractivity (Wildman–Crippen MR) is 252 cm³/mol. The summed E-state index contributed by atoms with van der Waals surface area (Å²) in [6, 6.07) is 0. The van der Waals surface area contributed by atoms with Crippen LogP contribution in [0.2, 0.25) is 0 Å². The first kappa shape index (κ1) is 51.0. The second kappa shape index (κ2) is 29.8. The number of aliphatic hydroxyl groups is 2. The number of aliphatic hydroxyl groups excluding tert-OH is 2. The van der Waals surface area contributed by atoms with Gasteiger partial charge in [-0.1, -0.05) is 233 Å². The van der Waals surface area contributed by atoms with Crippen molar-refractivity contribution in [2.75, 3.05) is 6.61 Å². The summed E-state index contributed by atoms with van der Waals surface area (Å²) in [5.41, 5.74) is 2.60. The van der Waals surface area contributed by atoms with Crippen molar-refractivity contribution in [2.45, 2.75) is 285 Å². The second-order valence-corrected chi connectivity index (χ2v) is 21.7. The van der Waals surface area contributed by atoms with E-state index in [1.165, 1.54) is 218 Å². The topological polar surface area (TPSA) is 40.5 Å². The van der Waals surface area contributed by atoms with Crippen LogP contribution in [-0.4, -0.2) is 22.9 Å². The average Bonchev–Trinajstić information content (AvgIpc) is 3.55. The fourth-order valence-corrected chi connectivity index (χ4v) is 13.1. The van der Waals surface area contributed by atoms with E-state index >= 15 is 0 Å². The molecule has 0 aromatic heterocycles. The number of unbranched alkanes of at least 4 members (excludes halogenated alkanes) is 25. The van der Waals surface area contributed by atoms with Crippen LogP contribution in [0.1, 0.15) is 279 Å². The van der Waals surface area contributed by atoms with Crippen LogP contribution in [0.4, 0.5) is 0 Å². The van der Waals surface area contributed by atoms with E-state index in [4.69, 9.17) is 5.11 Å². The molecule has 8 atom stereocenters. The molecule has 4 aliphatic rings. The maximum absolute atomic E-state index is 10.2. The van der Waals surface area contributed by atoms with E-state index in [9.17, 15) is 5.11 Å². The molecule has 1 unspecified atom stereocenters. The molecule has 0 aromatic rings. The number of hydrogen-bond acceptors (Lipinski definition) is 2. The smallest absolute Gasteiger partial charge is 0.0577 e. The standard InChI is InChI=1S/C28H58O.C27H46O/c1-2-3-4-5-6-7-8-9-10-11-12-13-14-15-16-17-18-19-20-21-22-23-24-25-26-27-28-29;1-18(2)7-6-8-19(3)23-11-12-24-22-10-9-20-17-21(28)13-15-26(20,4)25(22)14-16-27(23,24)5/h29H,2-28H2,1H3;9,18-19,21-25,28H,6-8,10-17H2,1-5H3/t;19?,21-,22-,23+,24-,25-,26-,27+/m.0/s1. The Bertz CT molecular complexity index is 974. The van der Waals surface area contributed by atoms with Gasteiger partial charge in [-0.25, -0.2) is 0 Å². The van der Waals surface area contributed by atoms with Crippen molar-refractivity contribution >= 4 is 0 Å². The Balaban J connectivity index is 0.000000305. The molecule has 0 aliphatic heterocycles. The quantitative estimate of drug-likeness (QED) is 0.0542. The lowest BCUT2D eigenvalue weighted by atomic mass is 9.47. The van der Waals surface area contributed by atoms with Crippen LogP contribution in [0, 0.1) is 46.3 Å². The van der Waals surface area contributed by atoms with Gasteiger partial charge in [-0.3, -0.25) is 0 Å². The Hall–Kier alpha value is -0.340. The Labute approximate surface area is 358 Å². The Morgan fingerprint density at radius 1 is 0.561 bits per heavy atom. The predicted octanol–water partition coefficient (Wildman–Crippen LogP) is 17.5. The van der Waals surface area contributed by atoms with Crippen molar-refractivity contribution < 1.29 is 10.2 Å². The van der Waals surface area contributed by atoms with Gasteiger partial charge in [-0.2, -0.15) is 0 Å². The molecule has 0 amide bonds. The summed E-state index contributed by atoms with van der Waals surface area (Å²) in [7, 11) is 0. The van der Waals surface area contributed by atoms with Crippen LogP contribution in [0.3, 0.4) is 0 Å². The minimum Gasteiger partial charge on any atom is -0.396 e. The zero-order chi connectivity index (χ0) is 41.2. The highest BCUT2D eigenvalue weighted by atomic mass is 16.3. The number of allylic oxidation sites excluding steroid dienone is 1. The zero-order valence-electron chi connectivity index (χ0n) is 39.9. The molecule has 0 spiro atoms. The number of hydrogen-bond donors (Lipinski definition) is 2. The lowest BCUT2D eigenvalue weighted by Gasteiger charge is -2.58. The van der Waals surface area contributed by atoms with Gasteiger partial charge in [0.15, 0.2) is 0 Å². The molecule has 0 saturated heterocycles. The molecule has 0 heterocycles. The van der Waals surface area contributed by atoms with Gasteiger partial charge in [0.2, 0.25) is 0 Å². The van der Waals surface area contributed by atoms with E-state index in [-0.39, 0.29) is 6.10 Å². The van der Waals surface area contributed by atoms with E-state index in [0.717, 1.165) is 54.8 Å². The van der Waals surface area contributed by atoms with Crippen molar-refractivity contribution in [3.8, 4) is 0 Å². The molecule has 4 rings (SSSR count). The third kappa shape index (κ3) is 18.3. The van der Waals surface area contributed by atoms with Crippen molar-refractivity contribution in [1.29, 1.82) is 0 Å². The highest BCUT2D eigenvalue weighted by molar-refractivity contribution is 5.25. The largest absolute Gasteiger partial charge is 0.396 e. The van der Waals surface area contributed by atoms with Crippen LogP contribution >= 0.6 is 0 Å². The SMILES string of the molecule is CC(C)CCCC(C)[C@H]1CC[C@H]2[C@@H]3CC=C4C[C@@H](O)CC[C@]4(C)[C@H]3CC[C@]12C.CCCCCCCCCCCCCCCCCCCCCCCCCCCCO. The van der Waals surface area contributed by atoms with Crippen molar-refractivity contribution in [3.05, 3.63) is 11.6 Å². The molecule has 0 aromatic carbocycles. The molecule has 2 heteroatoms. The molecule has 2 N–H and O–H groups in total. The van der Waals surface area contributed by atoms with Crippen LogP contribution < -0.4 is 0 Å². The monoisotopic (exact) mass is 797 g/mol. The van der Waals surface area contributed by atoms with Gasteiger partial charge in [-0.15, -0.1) is 0 Å². The summed E-state index contributed by atoms with van der Waals surface area (Å²) in [6.45, 7) is 15.2. The van der Waals surface area contributed by atoms with Crippen LogP contribution in [-0.2, 0) is 0 Å². The summed E-state index contributed by atoms with van der Waals surface area (Å²) in [4.78, 5) is 0. The fourth-order valence-electron chi connectivity index (χ4n) is 13.1. The summed E-state index contributed by atoms with van der Waals surface area (Å²) in [6.07, 6.45) is 54.2. The molecule has 57 heavy (non-hydrogen) atoms. The summed E-state index contributed by atoms with van der Waals surface area (Å²) < 4.78 is 0. The van der Waals surface area contributed by atoms with Gasteiger partial charge in [0.25, 0.3) is 0 Å². The van der Waals surface area contributed by atoms with Crippen molar-refractivity contribution in [2.24, 2.45) is 46.3 Å². The second-order valence-electron chi connectivity index (χ2n) is 21.7. The van der Waals surface area contributed by atoms with Gasteiger partial charge >= 0.3 is 0 Å². The van der Waals surface area contributed by atoms with Crippen LogP contribution in [0.25, 0.3) is 0 Å². The molecular weight excluding hydrogens is 693 g/mol. The molecule has 0 radical (unpaired) electrons. The molecule has 0 bridgehead atoms. The third-order valence-electron chi connectivity index (χ3n) is 16.8. The van der Waals surface area contributed by atoms with Gasteiger partial charge in [0.1, 0.15) is 0 Å².